The van der Waals surface area contributed by atoms with E-state index in [-0.39, 0.29) is 5.69 Å². The third kappa shape index (κ3) is 2.40. The fraction of sp³-hybridized carbons (Fsp3) is 0.188. The Kier molecular flexibility index (Phi) is 3.48. The van der Waals surface area contributed by atoms with E-state index in [0.29, 0.717) is 11.6 Å². The maximum absolute atomic E-state index is 13.7. The summed E-state index contributed by atoms with van der Waals surface area (Å²) >= 11 is 0. The molecule has 7 heteroatoms. The number of benzene rings is 1. The summed E-state index contributed by atoms with van der Waals surface area (Å²) in [6, 6.07) is 8.95. The van der Waals surface area contributed by atoms with Gasteiger partial charge in [0.2, 0.25) is 0 Å². The van der Waals surface area contributed by atoms with Crippen LogP contribution in [-0.4, -0.2) is 29.4 Å². The van der Waals surface area contributed by atoms with E-state index in [0.717, 1.165) is 0 Å². The first-order valence-electron chi connectivity index (χ1n) is 6.91. The SMILES string of the molecule is CN1C(=O)C(C)(C(=O)Nc2ccccc2F)Oc2cccnc21. The van der Waals surface area contributed by atoms with Crippen LogP contribution in [0.3, 0.4) is 0 Å². The standard InChI is InChI=1S/C16H14FN3O3/c1-16(14(21)19-11-7-4-3-6-10(11)17)15(22)20(2)13-12(23-16)8-5-9-18-13/h3-9H,1-2H3,(H,19,21). The number of nitrogens with one attached hydrogen (secondary N) is 1. The summed E-state index contributed by atoms with van der Waals surface area (Å²) in [5.74, 6) is -1.30. The number of amides is 2. The van der Waals surface area contributed by atoms with Gasteiger partial charge in [-0.25, -0.2) is 9.37 Å². The Balaban J connectivity index is 1.94. The topological polar surface area (TPSA) is 71.5 Å². The summed E-state index contributed by atoms with van der Waals surface area (Å²) in [4.78, 5) is 30.4. The molecule has 0 fully saturated rings. The summed E-state index contributed by atoms with van der Waals surface area (Å²) < 4.78 is 19.3. The van der Waals surface area contributed by atoms with Crippen molar-refractivity contribution in [2.24, 2.45) is 0 Å². The van der Waals surface area contributed by atoms with Crippen LogP contribution in [0.1, 0.15) is 6.92 Å². The predicted octanol–water partition coefficient (Wildman–Crippen LogP) is 1.97. The molecule has 23 heavy (non-hydrogen) atoms. The highest BCUT2D eigenvalue weighted by atomic mass is 19.1. The second kappa shape index (κ2) is 5.35. The lowest BCUT2D eigenvalue weighted by molar-refractivity contribution is -0.145. The van der Waals surface area contributed by atoms with Gasteiger partial charge in [-0.15, -0.1) is 0 Å². The molecule has 0 spiro atoms. The third-order valence-electron chi connectivity index (χ3n) is 3.65. The van der Waals surface area contributed by atoms with Crippen LogP contribution < -0.4 is 15.0 Å². The minimum absolute atomic E-state index is 0.0187. The summed E-state index contributed by atoms with van der Waals surface area (Å²) in [5, 5.41) is 2.40. The molecule has 2 heterocycles. The number of pyridine rings is 1. The number of ether oxygens (including phenoxy) is 1. The largest absolute Gasteiger partial charge is 0.464 e. The van der Waals surface area contributed by atoms with E-state index in [4.69, 9.17) is 4.74 Å². The molecule has 0 radical (unpaired) electrons. The van der Waals surface area contributed by atoms with Crippen molar-refractivity contribution in [2.45, 2.75) is 12.5 Å². The van der Waals surface area contributed by atoms with Gasteiger partial charge in [-0.05, 0) is 31.2 Å². The molecule has 118 valence electrons. The number of likely N-dealkylation sites (N-methyl/N-ethyl adjacent to an activating group) is 1. The fourth-order valence-electron chi connectivity index (χ4n) is 2.34. The van der Waals surface area contributed by atoms with Crippen molar-refractivity contribution >= 4 is 23.3 Å². The molecule has 0 aliphatic carbocycles. The van der Waals surface area contributed by atoms with Gasteiger partial charge in [0.15, 0.2) is 11.6 Å². The Morgan fingerprint density at radius 3 is 2.78 bits per heavy atom. The number of para-hydroxylation sites is 1. The van der Waals surface area contributed by atoms with Gasteiger partial charge in [-0.1, -0.05) is 12.1 Å². The minimum atomic E-state index is -1.81. The van der Waals surface area contributed by atoms with Crippen LogP contribution in [-0.2, 0) is 9.59 Å². The molecule has 1 N–H and O–H groups in total. The van der Waals surface area contributed by atoms with Gasteiger partial charge in [-0.3, -0.25) is 14.5 Å². The normalized spacial score (nSPS) is 19.8. The lowest BCUT2D eigenvalue weighted by atomic mass is 10.0. The average molecular weight is 315 g/mol. The van der Waals surface area contributed by atoms with E-state index in [2.05, 4.69) is 10.3 Å². The van der Waals surface area contributed by atoms with Crippen molar-refractivity contribution in [1.82, 2.24) is 4.98 Å². The first-order chi connectivity index (χ1) is 10.9. The summed E-state index contributed by atoms with van der Waals surface area (Å²) in [6.07, 6.45) is 1.52. The third-order valence-corrected chi connectivity index (χ3v) is 3.65. The molecular formula is C16H14FN3O3. The number of aromatic nitrogens is 1. The number of nitrogens with zero attached hydrogens (tertiary/aromatic N) is 2. The number of anilines is 2. The van der Waals surface area contributed by atoms with E-state index >= 15 is 0 Å². The van der Waals surface area contributed by atoms with E-state index in [9.17, 15) is 14.0 Å². The molecule has 1 aromatic heterocycles. The average Bonchev–Trinajstić information content (AvgIpc) is 2.55. The van der Waals surface area contributed by atoms with Crippen LogP contribution in [0.5, 0.6) is 5.75 Å². The lowest BCUT2D eigenvalue weighted by Gasteiger charge is -2.36. The molecule has 0 saturated carbocycles. The second-order valence-electron chi connectivity index (χ2n) is 5.26. The van der Waals surface area contributed by atoms with Crippen molar-refractivity contribution in [3.63, 3.8) is 0 Å². The molecule has 6 nitrogen and oxygen atoms in total. The van der Waals surface area contributed by atoms with Crippen molar-refractivity contribution in [1.29, 1.82) is 0 Å². The van der Waals surface area contributed by atoms with Crippen LogP contribution in [0.2, 0.25) is 0 Å². The first kappa shape index (κ1) is 15.0. The Morgan fingerprint density at radius 1 is 1.30 bits per heavy atom. The zero-order valence-corrected chi connectivity index (χ0v) is 12.5. The van der Waals surface area contributed by atoms with E-state index in [1.54, 1.807) is 18.2 Å². The molecule has 1 unspecified atom stereocenters. The monoisotopic (exact) mass is 315 g/mol. The summed E-state index contributed by atoms with van der Waals surface area (Å²) in [5.41, 5.74) is -1.83. The van der Waals surface area contributed by atoms with Gasteiger partial charge in [0.25, 0.3) is 17.4 Å². The van der Waals surface area contributed by atoms with E-state index in [1.165, 1.54) is 43.3 Å². The second-order valence-corrected chi connectivity index (χ2v) is 5.26. The van der Waals surface area contributed by atoms with Crippen molar-refractivity contribution < 1.29 is 18.7 Å². The summed E-state index contributed by atoms with van der Waals surface area (Å²) in [6.45, 7) is 1.35. The highest BCUT2D eigenvalue weighted by Crippen LogP contribution is 2.35. The minimum Gasteiger partial charge on any atom is -0.464 e. The van der Waals surface area contributed by atoms with Crippen LogP contribution in [0.4, 0.5) is 15.9 Å². The smallest absolute Gasteiger partial charge is 0.281 e. The maximum Gasteiger partial charge on any atom is 0.281 e. The first-order valence-corrected chi connectivity index (χ1v) is 6.91. The van der Waals surface area contributed by atoms with Crippen LogP contribution in [0.15, 0.2) is 42.6 Å². The predicted molar refractivity (Wildman–Crippen MR) is 81.7 cm³/mol. The zero-order chi connectivity index (χ0) is 16.6. The molecule has 0 bridgehead atoms. The molecule has 1 aliphatic heterocycles. The number of hydrogen-bond donors (Lipinski definition) is 1. The summed E-state index contributed by atoms with van der Waals surface area (Å²) in [7, 11) is 1.51. The van der Waals surface area contributed by atoms with Crippen molar-refractivity contribution in [3.8, 4) is 5.75 Å². The number of rotatable bonds is 2. The molecular weight excluding hydrogens is 301 g/mol. The number of hydrogen-bond acceptors (Lipinski definition) is 4. The van der Waals surface area contributed by atoms with Gasteiger partial charge in [0, 0.05) is 13.2 Å². The van der Waals surface area contributed by atoms with Gasteiger partial charge in [-0.2, -0.15) is 0 Å². The van der Waals surface area contributed by atoms with E-state index < -0.39 is 23.2 Å². The Labute approximate surface area is 131 Å². The number of halogens is 1. The van der Waals surface area contributed by atoms with Crippen molar-refractivity contribution in [3.05, 3.63) is 48.4 Å². The molecule has 0 saturated heterocycles. The van der Waals surface area contributed by atoms with Gasteiger partial charge in [0.1, 0.15) is 5.82 Å². The van der Waals surface area contributed by atoms with Crippen LogP contribution in [0.25, 0.3) is 0 Å². The van der Waals surface area contributed by atoms with Crippen molar-refractivity contribution in [2.75, 3.05) is 17.3 Å². The number of carbonyl (C=O) groups excluding carboxylic acids is 2. The molecule has 1 atom stereocenters. The Bertz CT molecular complexity index is 796. The Hall–Kier alpha value is -2.96. The quantitative estimate of drug-likeness (QED) is 0.860. The van der Waals surface area contributed by atoms with Gasteiger partial charge >= 0.3 is 0 Å². The highest BCUT2D eigenvalue weighted by molar-refractivity contribution is 6.19. The molecule has 3 rings (SSSR count). The number of fused-ring (bicyclic) bond motifs is 1. The fourth-order valence-corrected chi connectivity index (χ4v) is 2.34. The maximum atomic E-state index is 13.7. The lowest BCUT2D eigenvalue weighted by Crippen LogP contribution is -2.60. The molecule has 1 aliphatic rings. The molecule has 2 aromatic rings. The van der Waals surface area contributed by atoms with Crippen LogP contribution >= 0.6 is 0 Å². The zero-order valence-electron chi connectivity index (χ0n) is 12.5. The van der Waals surface area contributed by atoms with Gasteiger partial charge < -0.3 is 10.1 Å². The van der Waals surface area contributed by atoms with Crippen LogP contribution in [0, 0.1) is 5.82 Å². The highest BCUT2D eigenvalue weighted by Gasteiger charge is 2.50. The van der Waals surface area contributed by atoms with E-state index in [1.807, 2.05) is 0 Å². The molecule has 1 aromatic carbocycles. The molecule has 2 amide bonds. The van der Waals surface area contributed by atoms with Gasteiger partial charge in [0.05, 0.1) is 5.69 Å². The Morgan fingerprint density at radius 2 is 2.04 bits per heavy atom. The number of carbonyl (C=O) groups is 2.